The maximum Gasteiger partial charge on any atom is 0.251 e. The van der Waals surface area contributed by atoms with E-state index in [0.29, 0.717) is 12.1 Å². The van der Waals surface area contributed by atoms with E-state index in [9.17, 15) is 4.79 Å². The van der Waals surface area contributed by atoms with Crippen LogP contribution >= 0.6 is 0 Å². The first kappa shape index (κ1) is 17.0. The molecule has 2 aromatic heterocycles. The molecule has 2 heterocycles. The van der Waals surface area contributed by atoms with Gasteiger partial charge in [-0.25, -0.2) is 4.98 Å². The van der Waals surface area contributed by atoms with Crippen LogP contribution in [-0.4, -0.2) is 33.0 Å². The van der Waals surface area contributed by atoms with Gasteiger partial charge >= 0.3 is 0 Å². The molecular weight excluding hydrogens is 316 g/mol. The predicted octanol–water partition coefficient (Wildman–Crippen LogP) is 2.37. The molecule has 1 unspecified atom stereocenters. The van der Waals surface area contributed by atoms with Crippen molar-refractivity contribution in [3.05, 3.63) is 65.6 Å². The molecule has 0 aliphatic carbocycles. The topological polar surface area (TPSA) is 78.7 Å². The van der Waals surface area contributed by atoms with Gasteiger partial charge in [-0.05, 0) is 49.7 Å². The Morgan fingerprint density at radius 1 is 1.28 bits per heavy atom. The minimum atomic E-state index is -0.260. The maximum atomic E-state index is 12.0. The minimum absolute atomic E-state index is 0.0795. The Morgan fingerprint density at radius 3 is 2.72 bits per heavy atom. The van der Waals surface area contributed by atoms with Crippen molar-refractivity contribution in [1.29, 1.82) is 0 Å². The van der Waals surface area contributed by atoms with Crippen molar-refractivity contribution in [2.75, 3.05) is 11.9 Å². The Bertz CT molecular complexity index is 871. The number of carbonyl (C=O) groups is 1. The van der Waals surface area contributed by atoms with Crippen molar-refractivity contribution >= 4 is 17.2 Å². The zero-order valence-electron chi connectivity index (χ0n) is 14.4. The van der Waals surface area contributed by atoms with Gasteiger partial charge in [0.05, 0.1) is 18.8 Å². The summed E-state index contributed by atoms with van der Waals surface area (Å²) >= 11 is 0. The van der Waals surface area contributed by atoms with Crippen LogP contribution in [0.5, 0.6) is 0 Å². The number of anilines is 1. The number of hydrogen-bond acceptors (Lipinski definition) is 4. The van der Waals surface area contributed by atoms with Crippen LogP contribution in [0.4, 0.5) is 5.69 Å². The molecule has 3 aromatic rings. The van der Waals surface area contributed by atoms with E-state index in [4.69, 9.17) is 5.11 Å². The summed E-state index contributed by atoms with van der Waals surface area (Å²) in [5.41, 5.74) is 4.54. The molecule has 0 aliphatic rings. The predicted molar refractivity (Wildman–Crippen MR) is 97.7 cm³/mol. The van der Waals surface area contributed by atoms with E-state index >= 15 is 0 Å². The van der Waals surface area contributed by atoms with Gasteiger partial charge in [0.15, 0.2) is 0 Å². The second-order valence-corrected chi connectivity index (χ2v) is 6.14. The largest absolute Gasteiger partial charge is 0.394 e. The third kappa shape index (κ3) is 3.97. The molecule has 0 bridgehead atoms. The summed E-state index contributed by atoms with van der Waals surface area (Å²) in [4.78, 5) is 16.6. The number of rotatable bonds is 6. The number of aryl methyl sites for hydroxylation is 1. The number of hydrogen-bond donors (Lipinski definition) is 3. The van der Waals surface area contributed by atoms with E-state index in [2.05, 4.69) is 15.6 Å². The summed E-state index contributed by atoms with van der Waals surface area (Å²) < 4.78 is 2.02. The van der Waals surface area contributed by atoms with Crippen molar-refractivity contribution < 1.29 is 9.90 Å². The van der Waals surface area contributed by atoms with Crippen LogP contribution in [0.2, 0.25) is 0 Å². The van der Waals surface area contributed by atoms with Crippen LogP contribution in [0.15, 0.2) is 48.8 Å². The quantitative estimate of drug-likeness (QED) is 0.645. The maximum absolute atomic E-state index is 12.0. The molecule has 1 aromatic carbocycles. The molecule has 3 rings (SSSR count). The zero-order valence-corrected chi connectivity index (χ0v) is 14.4. The lowest BCUT2D eigenvalue weighted by atomic mass is 10.2. The van der Waals surface area contributed by atoms with E-state index in [1.807, 2.05) is 48.0 Å². The van der Waals surface area contributed by atoms with Crippen LogP contribution in [0.3, 0.4) is 0 Å². The number of fused-ring (bicyclic) bond motifs is 1. The van der Waals surface area contributed by atoms with Crippen molar-refractivity contribution in [3.63, 3.8) is 0 Å². The zero-order chi connectivity index (χ0) is 17.8. The van der Waals surface area contributed by atoms with Crippen LogP contribution in [0, 0.1) is 6.92 Å². The summed E-state index contributed by atoms with van der Waals surface area (Å²) in [6, 6.07) is 11.0. The van der Waals surface area contributed by atoms with E-state index in [1.54, 1.807) is 19.1 Å². The molecule has 0 spiro atoms. The second-order valence-electron chi connectivity index (χ2n) is 6.14. The summed E-state index contributed by atoms with van der Waals surface area (Å²) in [5.74, 6) is -0.191. The number of carbonyl (C=O) groups excluding carboxylic acids is 1. The van der Waals surface area contributed by atoms with Gasteiger partial charge < -0.3 is 20.1 Å². The fraction of sp³-hybridized carbons (Fsp3) is 0.263. The number of aliphatic hydroxyl groups is 1. The highest BCUT2D eigenvalue weighted by atomic mass is 16.3. The van der Waals surface area contributed by atoms with Crippen LogP contribution < -0.4 is 10.6 Å². The first-order valence-corrected chi connectivity index (χ1v) is 8.25. The van der Waals surface area contributed by atoms with Crippen molar-refractivity contribution in [3.8, 4) is 0 Å². The Morgan fingerprint density at radius 2 is 2.04 bits per heavy atom. The van der Waals surface area contributed by atoms with Gasteiger partial charge in [0, 0.05) is 29.7 Å². The monoisotopic (exact) mass is 338 g/mol. The van der Waals surface area contributed by atoms with E-state index in [0.717, 1.165) is 22.6 Å². The SMILES string of the molecule is Cc1cccn2cc(CNc3ccc(C(=O)NC(C)CO)cc3)nc12. The van der Waals surface area contributed by atoms with Gasteiger partial charge in [0.25, 0.3) is 5.91 Å². The van der Waals surface area contributed by atoms with Crippen LogP contribution in [0.1, 0.15) is 28.5 Å². The third-order valence-corrected chi connectivity index (χ3v) is 4.00. The average Bonchev–Trinajstić information content (AvgIpc) is 3.05. The smallest absolute Gasteiger partial charge is 0.251 e. The first-order valence-electron chi connectivity index (χ1n) is 8.25. The lowest BCUT2D eigenvalue weighted by Crippen LogP contribution is -2.34. The average molecular weight is 338 g/mol. The van der Waals surface area contributed by atoms with Gasteiger partial charge in [0.1, 0.15) is 5.65 Å². The van der Waals surface area contributed by atoms with Crippen molar-refractivity contribution in [1.82, 2.24) is 14.7 Å². The van der Waals surface area contributed by atoms with Crippen LogP contribution in [0.25, 0.3) is 5.65 Å². The second kappa shape index (κ2) is 7.36. The van der Waals surface area contributed by atoms with Gasteiger partial charge in [-0.2, -0.15) is 0 Å². The van der Waals surface area contributed by atoms with E-state index in [-0.39, 0.29) is 18.6 Å². The summed E-state index contributed by atoms with van der Waals surface area (Å²) in [7, 11) is 0. The Hall–Kier alpha value is -2.86. The van der Waals surface area contributed by atoms with Crippen LogP contribution in [-0.2, 0) is 6.54 Å². The molecule has 0 radical (unpaired) electrons. The molecule has 1 amide bonds. The summed E-state index contributed by atoms with van der Waals surface area (Å²) in [6.45, 7) is 4.32. The Labute approximate surface area is 146 Å². The summed E-state index contributed by atoms with van der Waals surface area (Å²) in [6.07, 6.45) is 3.99. The van der Waals surface area contributed by atoms with Gasteiger partial charge in [-0.1, -0.05) is 6.07 Å². The standard InChI is InChI=1S/C19H22N4O2/c1-13-4-3-9-23-11-17(22-18(13)23)10-20-16-7-5-15(6-8-16)19(25)21-14(2)12-24/h3-9,11,14,20,24H,10,12H2,1-2H3,(H,21,25). The lowest BCUT2D eigenvalue weighted by Gasteiger charge is -2.11. The molecule has 6 heteroatoms. The third-order valence-electron chi connectivity index (χ3n) is 4.00. The fourth-order valence-electron chi connectivity index (χ4n) is 2.57. The molecule has 1 atom stereocenters. The first-order chi connectivity index (χ1) is 12.1. The fourth-order valence-corrected chi connectivity index (χ4v) is 2.57. The van der Waals surface area contributed by atoms with Gasteiger partial charge in [-0.15, -0.1) is 0 Å². The molecule has 25 heavy (non-hydrogen) atoms. The number of benzene rings is 1. The normalized spacial score (nSPS) is 12.1. The Kier molecular flexibility index (Phi) is 5.00. The number of aliphatic hydroxyl groups excluding tert-OH is 1. The lowest BCUT2D eigenvalue weighted by molar-refractivity contribution is 0.0922. The highest BCUT2D eigenvalue weighted by Crippen LogP contribution is 2.13. The molecule has 3 N–H and O–H groups in total. The number of amides is 1. The Balaban J connectivity index is 1.63. The highest BCUT2D eigenvalue weighted by molar-refractivity contribution is 5.94. The van der Waals surface area contributed by atoms with Crippen molar-refractivity contribution in [2.45, 2.75) is 26.4 Å². The van der Waals surface area contributed by atoms with E-state index in [1.165, 1.54) is 0 Å². The van der Waals surface area contributed by atoms with Gasteiger partial charge in [-0.3, -0.25) is 4.79 Å². The molecule has 0 saturated carbocycles. The summed E-state index contributed by atoms with van der Waals surface area (Å²) in [5, 5.41) is 15.0. The van der Waals surface area contributed by atoms with Crippen molar-refractivity contribution in [2.24, 2.45) is 0 Å². The van der Waals surface area contributed by atoms with Gasteiger partial charge in [0.2, 0.25) is 0 Å². The highest BCUT2D eigenvalue weighted by Gasteiger charge is 2.09. The number of pyridine rings is 1. The minimum Gasteiger partial charge on any atom is -0.394 e. The molecule has 0 fully saturated rings. The molecular formula is C19H22N4O2. The molecule has 0 aliphatic heterocycles. The number of nitrogens with zero attached hydrogens (tertiary/aromatic N) is 2. The number of aromatic nitrogens is 2. The molecule has 6 nitrogen and oxygen atoms in total. The number of imidazole rings is 1. The van der Waals surface area contributed by atoms with E-state index < -0.39 is 0 Å². The molecule has 130 valence electrons. The number of nitrogens with one attached hydrogen (secondary N) is 2. The molecule has 0 saturated heterocycles.